The lowest BCUT2D eigenvalue weighted by Crippen LogP contribution is -1.80. The van der Waals surface area contributed by atoms with Gasteiger partial charge in [-0.1, -0.05) is 31.2 Å². The molecule has 1 heterocycles. The fourth-order valence-corrected chi connectivity index (χ4v) is 2.10. The molecule has 0 amide bonds. The summed E-state index contributed by atoms with van der Waals surface area (Å²) in [5.74, 6) is 0. The summed E-state index contributed by atoms with van der Waals surface area (Å²) < 4.78 is 0. The first-order valence-corrected chi connectivity index (χ1v) is 5.61. The maximum absolute atomic E-state index is 5.69. The Kier molecular flexibility index (Phi) is 2.55. The average molecular weight is 203 g/mol. The first-order chi connectivity index (χ1) is 6.79. The van der Waals surface area contributed by atoms with Crippen molar-refractivity contribution in [2.75, 3.05) is 5.73 Å². The minimum absolute atomic E-state index is 0.875. The summed E-state index contributed by atoms with van der Waals surface area (Å²) in [6.45, 7) is 2.16. The maximum Gasteiger partial charge on any atom is 0.0862 e. The topological polar surface area (TPSA) is 26.0 Å². The van der Waals surface area contributed by atoms with E-state index in [0.717, 1.165) is 11.4 Å². The minimum Gasteiger partial charge on any atom is -0.391 e. The van der Waals surface area contributed by atoms with Crippen LogP contribution in [0.5, 0.6) is 0 Å². The van der Waals surface area contributed by atoms with Gasteiger partial charge >= 0.3 is 0 Å². The number of nitrogens with two attached hydrogens (primary N) is 1. The number of nitrogen functional groups attached to an aromatic ring is 1. The van der Waals surface area contributed by atoms with E-state index < -0.39 is 0 Å². The number of aryl methyl sites for hydroxylation is 1. The fourth-order valence-electron chi connectivity index (χ4n) is 1.44. The summed E-state index contributed by atoms with van der Waals surface area (Å²) in [5, 5.41) is 2.97. The van der Waals surface area contributed by atoms with Gasteiger partial charge in [0.25, 0.3) is 0 Å². The van der Waals surface area contributed by atoms with Gasteiger partial charge in [-0.05, 0) is 29.2 Å². The third-order valence-electron chi connectivity index (χ3n) is 2.32. The zero-order valence-electron chi connectivity index (χ0n) is 8.16. The number of benzene rings is 1. The molecular formula is C12H13NS. The number of hydrogen-bond acceptors (Lipinski definition) is 2. The van der Waals surface area contributed by atoms with E-state index >= 15 is 0 Å². The predicted octanol–water partition coefficient (Wildman–Crippen LogP) is 3.56. The third-order valence-corrected chi connectivity index (χ3v) is 3.08. The first-order valence-electron chi connectivity index (χ1n) is 4.73. The number of thiophene rings is 1. The van der Waals surface area contributed by atoms with Crippen LogP contribution in [0.15, 0.2) is 35.7 Å². The number of rotatable bonds is 2. The van der Waals surface area contributed by atoms with Gasteiger partial charge in [0.05, 0.1) is 5.00 Å². The van der Waals surface area contributed by atoms with Crippen LogP contribution < -0.4 is 5.73 Å². The summed E-state index contributed by atoms with van der Waals surface area (Å²) in [6, 6.07) is 10.7. The van der Waals surface area contributed by atoms with Gasteiger partial charge in [-0.2, -0.15) is 0 Å². The first kappa shape index (κ1) is 9.28. The Morgan fingerprint density at radius 2 is 1.86 bits per heavy atom. The van der Waals surface area contributed by atoms with Crippen molar-refractivity contribution in [2.24, 2.45) is 0 Å². The molecule has 72 valence electrons. The van der Waals surface area contributed by atoms with Crippen LogP contribution in [-0.4, -0.2) is 0 Å². The molecule has 1 nitrogen and oxygen atoms in total. The van der Waals surface area contributed by atoms with Crippen LogP contribution in [0, 0.1) is 0 Å². The van der Waals surface area contributed by atoms with E-state index in [-0.39, 0.29) is 0 Å². The van der Waals surface area contributed by atoms with Crippen LogP contribution in [0.4, 0.5) is 5.00 Å². The molecule has 0 saturated carbocycles. The molecule has 0 aliphatic carbocycles. The Labute approximate surface area is 88.2 Å². The van der Waals surface area contributed by atoms with Crippen molar-refractivity contribution in [2.45, 2.75) is 13.3 Å². The molecule has 2 aromatic rings. The molecule has 0 bridgehead atoms. The Balaban J connectivity index is 2.33. The fraction of sp³-hybridized carbons (Fsp3) is 0.167. The lowest BCUT2D eigenvalue weighted by atomic mass is 10.1. The van der Waals surface area contributed by atoms with Gasteiger partial charge in [0.2, 0.25) is 0 Å². The predicted molar refractivity (Wildman–Crippen MR) is 63.5 cm³/mol. The van der Waals surface area contributed by atoms with Gasteiger partial charge < -0.3 is 5.73 Å². The molecule has 0 radical (unpaired) electrons. The highest BCUT2D eigenvalue weighted by Gasteiger charge is 1.99. The summed E-state index contributed by atoms with van der Waals surface area (Å²) >= 11 is 1.59. The minimum atomic E-state index is 0.875. The molecule has 0 unspecified atom stereocenters. The molecule has 2 rings (SSSR count). The highest BCUT2D eigenvalue weighted by atomic mass is 32.1. The Hall–Kier alpha value is -1.28. The standard InChI is InChI=1S/C12H13NS/c1-2-9-3-5-10(6-4-9)11-7-12(13)14-8-11/h3-8H,2,13H2,1H3. The van der Waals surface area contributed by atoms with E-state index in [1.54, 1.807) is 11.3 Å². The second kappa shape index (κ2) is 3.84. The summed E-state index contributed by atoms with van der Waals surface area (Å²) in [7, 11) is 0. The van der Waals surface area contributed by atoms with E-state index in [1.165, 1.54) is 16.7 Å². The summed E-state index contributed by atoms with van der Waals surface area (Å²) in [5.41, 5.74) is 9.53. The van der Waals surface area contributed by atoms with E-state index in [2.05, 4.69) is 36.6 Å². The van der Waals surface area contributed by atoms with Crippen LogP contribution in [0.2, 0.25) is 0 Å². The van der Waals surface area contributed by atoms with Crippen LogP contribution in [0.1, 0.15) is 12.5 Å². The molecule has 0 aliphatic heterocycles. The summed E-state index contributed by atoms with van der Waals surface area (Å²) in [6.07, 6.45) is 1.09. The molecule has 0 fully saturated rings. The number of hydrogen-bond donors (Lipinski definition) is 1. The van der Waals surface area contributed by atoms with Crippen molar-refractivity contribution in [3.05, 3.63) is 41.3 Å². The maximum atomic E-state index is 5.69. The smallest absolute Gasteiger partial charge is 0.0862 e. The lowest BCUT2D eigenvalue weighted by molar-refractivity contribution is 1.14. The SMILES string of the molecule is CCc1ccc(-c2csc(N)c2)cc1. The van der Waals surface area contributed by atoms with Crippen molar-refractivity contribution in [1.82, 2.24) is 0 Å². The highest BCUT2D eigenvalue weighted by molar-refractivity contribution is 7.14. The van der Waals surface area contributed by atoms with E-state index in [9.17, 15) is 0 Å². The zero-order valence-corrected chi connectivity index (χ0v) is 8.97. The van der Waals surface area contributed by atoms with Crippen molar-refractivity contribution in [3.63, 3.8) is 0 Å². The Bertz CT molecular complexity index is 414. The molecule has 1 aromatic carbocycles. The lowest BCUT2D eigenvalue weighted by Gasteiger charge is -1.99. The monoisotopic (exact) mass is 203 g/mol. The molecular weight excluding hydrogens is 190 g/mol. The molecule has 0 spiro atoms. The van der Waals surface area contributed by atoms with E-state index in [1.807, 2.05) is 6.07 Å². The van der Waals surface area contributed by atoms with Crippen LogP contribution in [0.25, 0.3) is 11.1 Å². The van der Waals surface area contributed by atoms with Crippen LogP contribution in [0.3, 0.4) is 0 Å². The second-order valence-electron chi connectivity index (χ2n) is 3.29. The normalized spacial score (nSPS) is 10.4. The average Bonchev–Trinajstić information content (AvgIpc) is 2.65. The van der Waals surface area contributed by atoms with Crippen LogP contribution in [-0.2, 0) is 6.42 Å². The molecule has 14 heavy (non-hydrogen) atoms. The van der Waals surface area contributed by atoms with Crippen molar-refractivity contribution in [3.8, 4) is 11.1 Å². The molecule has 0 saturated heterocycles. The quantitative estimate of drug-likeness (QED) is 0.793. The largest absolute Gasteiger partial charge is 0.391 e. The van der Waals surface area contributed by atoms with E-state index in [4.69, 9.17) is 5.73 Å². The third kappa shape index (κ3) is 1.80. The molecule has 2 heteroatoms. The Morgan fingerprint density at radius 1 is 1.14 bits per heavy atom. The van der Waals surface area contributed by atoms with Crippen molar-refractivity contribution >= 4 is 16.3 Å². The molecule has 0 atom stereocenters. The highest BCUT2D eigenvalue weighted by Crippen LogP contribution is 2.27. The van der Waals surface area contributed by atoms with E-state index in [0.29, 0.717) is 0 Å². The second-order valence-corrected chi connectivity index (χ2v) is 4.23. The van der Waals surface area contributed by atoms with Gasteiger partial charge in [0.15, 0.2) is 0 Å². The summed E-state index contributed by atoms with van der Waals surface area (Å²) in [4.78, 5) is 0. The molecule has 0 aliphatic rings. The Morgan fingerprint density at radius 3 is 2.36 bits per heavy atom. The molecule has 1 aromatic heterocycles. The van der Waals surface area contributed by atoms with Crippen molar-refractivity contribution < 1.29 is 0 Å². The molecule has 2 N–H and O–H groups in total. The van der Waals surface area contributed by atoms with Gasteiger partial charge in [0, 0.05) is 5.38 Å². The van der Waals surface area contributed by atoms with Gasteiger partial charge in [0.1, 0.15) is 0 Å². The van der Waals surface area contributed by atoms with Gasteiger partial charge in [-0.25, -0.2) is 0 Å². The number of anilines is 1. The van der Waals surface area contributed by atoms with Gasteiger partial charge in [-0.15, -0.1) is 11.3 Å². The van der Waals surface area contributed by atoms with Crippen molar-refractivity contribution in [1.29, 1.82) is 0 Å². The zero-order chi connectivity index (χ0) is 9.97. The van der Waals surface area contributed by atoms with Crippen LogP contribution >= 0.6 is 11.3 Å². The van der Waals surface area contributed by atoms with Gasteiger partial charge in [-0.3, -0.25) is 0 Å².